The zero-order chi connectivity index (χ0) is 16.3. The quantitative estimate of drug-likeness (QED) is 0.349. The second kappa shape index (κ2) is 9.96. The first-order valence-corrected chi connectivity index (χ1v) is 6.91. The molecule has 21 heavy (non-hydrogen) atoms. The van der Waals surface area contributed by atoms with Gasteiger partial charge >= 0.3 is 17.9 Å². The molecule has 0 saturated heterocycles. The Morgan fingerprint density at radius 3 is 1.86 bits per heavy atom. The van der Waals surface area contributed by atoms with Crippen LogP contribution in [-0.4, -0.2) is 37.7 Å². The van der Waals surface area contributed by atoms with E-state index in [0.29, 0.717) is 6.42 Å². The molecular weight excluding hydrogens is 276 g/mol. The Morgan fingerprint density at radius 1 is 1.00 bits per heavy atom. The summed E-state index contributed by atoms with van der Waals surface area (Å²) in [6, 6.07) is 0. The van der Waals surface area contributed by atoms with Crippen molar-refractivity contribution in [3.8, 4) is 0 Å². The van der Waals surface area contributed by atoms with Crippen molar-refractivity contribution in [1.29, 1.82) is 0 Å². The summed E-state index contributed by atoms with van der Waals surface area (Å²) in [5.74, 6) is -1.44. The van der Waals surface area contributed by atoms with E-state index in [1.165, 1.54) is 13.8 Å². The van der Waals surface area contributed by atoms with Crippen molar-refractivity contribution in [1.82, 2.24) is 0 Å². The fraction of sp³-hybridized carbons (Fsp3) is 0.667. The summed E-state index contributed by atoms with van der Waals surface area (Å²) in [6.07, 6.45) is 3.40. The summed E-state index contributed by atoms with van der Waals surface area (Å²) in [6.45, 7) is 7.99. The lowest BCUT2D eigenvalue weighted by Gasteiger charge is -2.31. The molecule has 0 aromatic carbocycles. The van der Waals surface area contributed by atoms with Crippen molar-refractivity contribution in [2.75, 3.05) is 19.8 Å². The average Bonchev–Trinajstić information content (AvgIpc) is 2.45. The summed E-state index contributed by atoms with van der Waals surface area (Å²) in [5, 5.41) is 0. The highest BCUT2D eigenvalue weighted by atomic mass is 16.6. The van der Waals surface area contributed by atoms with Crippen molar-refractivity contribution < 1.29 is 28.6 Å². The van der Waals surface area contributed by atoms with Gasteiger partial charge in [-0.05, 0) is 6.42 Å². The van der Waals surface area contributed by atoms with Gasteiger partial charge < -0.3 is 14.2 Å². The summed E-state index contributed by atoms with van der Waals surface area (Å²) in [7, 11) is 0. The number of ether oxygens (including phenoxy) is 3. The van der Waals surface area contributed by atoms with Crippen LogP contribution in [0.1, 0.15) is 40.0 Å². The highest BCUT2D eigenvalue weighted by Crippen LogP contribution is 2.27. The van der Waals surface area contributed by atoms with Gasteiger partial charge in [0.2, 0.25) is 0 Å². The third-order valence-corrected chi connectivity index (χ3v) is 2.91. The van der Waals surface area contributed by atoms with Crippen molar-refractivity contribution in [3.05, 3.63) is 12.7 Å². The summed E-state index contributed by atoms with van der Waals surface area (Å²) >= 11 is 0. The van der Waals surface area contributed by atoms with Crippen molar-refractivity contribution in [3.63, 3.8) is 0 Å². The van der Waals surface area contributed by atoms with E-state index in [1.807, 2.05) is 6.92 Å². The first kappa shape index (κ1) is 19.1. The number of hydrogen-bond acceptors (Lipinski definition) is 6. The maximum Gasteiger partial charge on any atom is 0.330 e. The van der Waals surface area contributed by atoms with Gasteiger partial charge in [0.1, 0.15) is 19.8 Å². The van der Waals surface area contributed by atoms with Gasteiger partial charge in [-0.2, -0.15) is 0 Å². The molecule has 6 nitrogen and oxygen atoms in total. The molecule has 0 amide bonds. The van der Waals surface area contributed by atoms with E-state index in [9.17, 15) is 14.4 Å². The van der Waals surface area contributed by atoms with Gasteiger partial charge in [-0.3, -0.25) is 9.59 Å². The Kier molecular flexibility index (Phi) is 9.08. The summed E-state index contributed by atoms with van der Waals surface area (Å²) in [5.41, 5.74) is -0.730. The van der Waals surface area contributed by atoms with Crippen LogP contribution in [0.15, 0.2) is 12.7 Å². The van der Waals surface area contributed by atoms with Crippen LogP contribution >= 0.6 is 0 Å². The Hall–Kier alpha value is -1.85. The maximum atomic E-state index is 11.3. The van der Waals surface area contributed by atoms with E-state index in [-0.39, 0.29) is 19.8 Å². The molecule has 0 aliphatic carbocycles. The van der Waals surface area contributed by atoms with Gasteiger partial charge in [0.25, 0.3) is 0 Å². The first-order valence-electron chi connectivity index (χ1n) is 6.91. The molecule has 0 fully saturated rings. The maximum absolute atomic E-state index is 11.3. The van der Waals surface area contributed by atoms with Crippen LogP contribution in [0.3, 0.4) is 0 Å². The van der Waals surface area contributed by atoms with Crippen LogP contribution in [0.4, 0.5) is 0 Å². The van der Waals surface area contributed by atoms with Crippen molar-refractivity contribution in [2.45, 2.75) is 40.0 Å². The monoisotopic (exact) mass is 300 g/mol. The lowest BCUT2D eigenvalue weighted by molar-refractivity contribution is -0.158. The van der Waals surface area contributed by atoms with Crippen molar-refractivity contribution in [2.24, 2.45) is 5.41 Å². The molecule has 0 radical (unpaired) electrons. The van der Waals surface area contributed by atoms with Crippen LogP contribution < -0.4 is 0 Å². The van der Waals surface area contributed by atoms with Crippen LogP contribution in [0.2, 0.25) is 0 Å². The van der Waals surface area contributed by atoms with Gasteiger partial charge in [-0.15, -0.1) is 0 Å². The minimum atomic E-state index is -0.730. The number of rotatable bonds is 10. The van der Waals surface area contributed by atoms with E-state index < -0.39 is 23.3 Å². The summed E-state index contributed by atoms with van der Waals surface area (Å²) in [4.78, 5) is 33.3. The molecular formula is C15H24O6. The second-order valence-corrected chi connectivity index (χ2v) is 4.98. The molecule has 0 heterocycles. The molecule has 0 bridgehead atoms. The number of carbonyl (C=O) groups excluding carboxylic acids is 3. The molecule has 6 heteroatoms. The van der Waals surface area contributed by atoms with E-state index in [4.69, 9.17) is 14.2 Å². The molecule has 0 aromatic heterocycles. The van der Waals surface area contributed by atoms with E-state index in [0.717, 1.165) is 18.9 Å². The Morgan fingerprint density at radius 2 is 1.48 bits per heavy atom. The predicted octanol–water partition coefficient (Wildman–Crippen LogP) is 2.02. The lowest BCUT2D eigenvalue weighted by atomic mass is 9.85. The minimum Gasteiger partial charge on any atom is -0.465 e. The number of hydrogen-bond donors (Lipinski definition) is 0. The van der Waals surface area contributed by atoms with Gasteiger partial charge in [-0.25, -0.2) is 4.79 Å². The van der Waals surface area contributed by atoms with Gasteiger partial charge in [-0.1, -0.05) is 26.3 Å². The zero-order valence-corrected chi connectivity index (χ0v) is 13.0. The normalized spacial score (nSPS) is 10.6. The third kappa shape index (κ3) is 8.83. The third-order valence-electron chi connectivity index (χ3n) is 2.91. The van der Waals surface area contributed by atoms with Crippen LogP contribution in [0.5, 0.6) is 0 Å². The van der Waals surface area contributed by atoms with Crippen molar-refractivity contribution >= 4 is 17.9 Å². The van der Waals surface area contributed by atoms with E-state index >= 15 is 0 Å². The molecule has 0 spiro atoms. The summed E-state index contributed by atoms with van der Waals surface area (Å²) < 4.78 is 15.2. The van der Waals surface area contributed by atoms with Gasteiger partial charge in [0, 0.05) is 19.9 Å². The average molecular weight is 300 g/mol. The molecule has 120 valence electrons. The standard InChI is InChI=1S/C15H24O6/c1-5-7-8-15(9-19-12(3)16,10-20-13(4)17)11-21-14(18)6-2/h6H,2,5,7-11H2,1,3-4H3. The SMILES string of the molecule is C=CC(=O)OCC(CCCC)(COC(C)=O)COC(C)=O. The minimum absolute atomic E-state index is 0.00157. The number of carbonyl (C=O) groups is 3. The first-order chi connectivity index (χ1) is 9.85. The Balaban J connectivity index is 4.95. The van der Waals surface area contributed by atoms with Gasteiger partial charge in [0.15, 0.2) is 0 Å². The fourth-order valence-corrected chi connectivity index (χ4v) is 1.69. The molecule has 0 N–H and O–H groups in total. The highest BCUT2D eigenvalue weighted by Gasteiger charge is 2.34. The molecule has 0 aliphatic heterocycles. The molecule has 0 aliphatic rings. The lowest BCUT2D eigenvalue weighted by Crippen LogP contribution is -2.39. The molecule has 0 unspecified atom stereocenters. The van der Waals surface area contributed by atoms with Crippen LogP contribution in [-0.2, 0) is 28.6 Å². The number of unbranched alkanes of at least 4 members (excludes halogenated alkanes) is 1. The zero-order valence-electron chi connectivity index (χ0n) is 13.0. The highest BCUT2D eigenvalue weighted by molar-refractivity contribution is 5.81. The van der Waals surface area contributed by atoms with E-state index in [1.54, 1.807) is 0 Å². The van der Waals surface area contributed by atoms with E-state index in [2.05, 4.69) is 6.58 Å². The molecule has 0 rings (SSSR count). The topological polar surface area (TPSA) is 78.9 Å². The fourth-order valence-electron chi connectivity index (χ4n) is 1.69. The second-order valence-electron chi connectivity index (χ2n) is 4.98. The largest absolute Gasteiger partial charge is 0.465 e. The van der Waals surface area contributed by atoms with Crippen LogP contribution in [0.25, 0.3) is 0 Å². The molecule has 0 atom stereocenters. The smallest absolute Gasteiger partial charge is 0.330 e. The predicted molar refractivity (Wildman–Crippen MR) is 76.4 cm³/mol. The van der Waals surface area contributed by atoms with Gasteiger partial charge in [0.05, 0.1) is 5.41 Å². The Labute approximate surface area is 125 Å². The Bertz CT molecular complexity index is 356. The molecule has 0 aromatic rings. The molecule has 0 saturated carbocycles. The van der Waals surface area contributed by atoms with Crippen LogP contribution in [0, 0.1) is 5.41 Å². The number of esters is 3.